The Morgan fingerprint density at radius 1 is 1.06 bits per heavy atom. The minimum atomic E-state index is -1.03. The number of nitrogens with zero attached hydrogens (tertiary/aromatic N) is 1. The molecule has 1 fully saturated rings. The predicted octanol–water partition coefficient (Wildman–Crippen LogP) is 4.02. The molecule has 7 heteroatoms. The summed E-state index contributed by atoms with van der Waals surface area (Å²) >= 11 is 0. The Morgan fingerprint density at radius 3 is 2.27 bits per heavy atom. The van der Waals surface area contributed by atoms with Gasteiger partial charge in [-0.05, 0) is 48.4 Å². The number of aliphatic carboxylic acids is 1. The number of carboxylic acids is 1. The van der Waals surface area contributed by atoms with Crippen molar-refractivity contribution in [1.82, 2.24) is 10.2 Å². The van der Waals surface area contributed by atoms with E-state index in [4.69, 9.17) is 4.74 Å². The van der Waals surface area contributed by atoms with Crippen LogP contribution in [-0.2, 0) is 14.3 Å². The highest BCUT2D eigenvalue weighted by Gasteiger charge is 2.34. The number of carbonyl (C=O) groups is 3. The van der Waals surface area contributed by atoms with Crippen molar-refractivity contribution in [2.45, 2.75) is 50.6 Å². The Kier molecular flexibility index (Phi) is 6.67. The number of carbonyl (C=O) groups excluding carboxylic acids is 2. The van der Waals surface area contributed by atoms with E-state index in [9.17, 15) is 19.5 Å². The van der Waals surface area contributed by atoms with Gasteiger partial charge in [0.2, 0.25) is 5.91 Å². The van der Waals surface area contributed by atoms with Gasteiger partial charge in [-0.1, -0.05) is 55.0 Å². The second-order valence-electron chi connectivity index (χ2n) is 8.99. The first kappa shape index (κ1) is 22.8. The molecule has 0 bridgehead atoms. The van der Waals surface area contributed by atoms with Gasteiger partial charge in [0, 0.05) is 24.9 Å². The summed E-state index contributed by atoms with van der Waals surface area (Å²) in [6.07, 6.45) is 2.26. The van der Waals surface area contributed by atoms with E-state index in [2.05, 4.69) is 29.6 Å². The van der Waals surface area contributed by atoms with Crippen LogP contribution in [0.2, 0.25) is 0 Å². The van der Waals surface area contributed by atoms with Gasteiger partial charge < -0.3 is 20.1 Å². The minimum absolute atomic E-state index is 0.00464. The van der Waals surface area contributed by atoms with E-state index in [-0.39, 0.29) is 30.4 Å². The Morgan fingerprint density at radius 2 is 1.67 bits per heavy atom. The lowest BCUT2D eigenvalue weighted by atomic mass is 9.84. The number of rotatable bonds is 6. The lowest BCUT2D eigenvalue weighted by Crippen LogP contribution is -2.47. The van der Waals surface area contributed by atoms with E-state index >= 15 is 0 Å². The lowest BCUT2D eigenvalue weighted by Gasteiger charge is -2.32. The van der Waals surface area contributed by atoms with Gasteiger partial charge in [0.15, 0.2) is 0 Å². The molecule has 0 heterocycles. The SMILES string of the molecule is CC(C(=O)O)N(C)C(=O)[C@@H]1CCC[C@@H](NC(=O)OCC2c3ccccc3-c3ccccc32)C1. The summed E-state index contributed by atoms with van der Waals surface area (Å²) in [5.41, 5.74) is 4.67. The van der Waals surface area contributed by atoms with Gasteiger partial charge in [-0.15, -0.1) is 0 Å². The minimum Gasteiger partial charge on any atom is -0.480 e. The zero-order valence-corrected chi connectivity index (χ0v) is 19.0. The van der Waals surface area contributed by atoms with E-state index in [1.807, 2.05) is 24.3 Å². The number of amides is 2. The van der Waals surface area contributed by atoms with E-state index in [0.29, 0.717) is 12.8 Å². The molecular weight excluding hydrogens is 420 g/mol. The number of benzene rings is 2. The number of carboxylic acid groups (broad SMARTS) is 1. The number of likely N-dealkylation sites (N-methyl/N-ethyl adjacent to an activating group) is 1. The van der Waals surface area contributed by atoms with Crippen LogP contribution in [0.1, 0.15) is 49.7 Å². The van der Waals surface area contributed by atoms with Crippen LogP contribution in [0.25, 0.3) is 11.1 Å². The Labute approximate surface area is 193 Å². The van der Waals surface area contributed by atoms with Gasteiger partial charge in [-0.3, -0.25) is 4.79 Å². The second kappa shape index (κ2) is 9.65. The van der Waals surface area contributed by atoms with Crippen LogP contribution >= 0.6 is 0 Å². The molecule has 33 heavy (non-hydrogen) atoms. The monoisotopic (exact) mass is 450 g/mol. The molecule has 2 aliphatic rings. The number of ether oxygens (including phenoxy) is 1. The number of hydrogen-bond donors (Lipinski definition) is 2. The van der Waals surface area contributed by atoms with E-state index in [1.54, 1.807) is 0 Å². The summed E-state index contributed by atoms with van der Waals surface area (Å²) in [6.45, 7) is 1.74. The van der Waals surface area contributed by atoms with Gasteiger partial charge in [-0.2, -0.15) is 0 Å². The van der Waals surface area contributed by atoms with Crippen molar-refractivity contribution in [2.24, 2.45) is 5.92 Å². The van der Waals surface area contributed by atoms with Crippen LogP contribution in [0.15, 0.2) is 48.5 Å². The fraction of sp³-hybridized carbons (Fsp3) is 0.423. The number of alkyl carbamates (subject to hydrolysis) is 1. The third-order valence-electron chi connectivity index (χ3n) is 6.98. The molecule has 0 radical (unpaired) electrons. The number of hydrogen-bond acceptors (Lipinski definition) is 4. The van der Waals surface area contributed by atoms with Crippen LogP contribution < -0.4 is 5.32 Å². The highest BCUT2D eigenvalue weighted by atomic mass is 16.5. The molecule has 2 amide bonds. The molecule has 2 aliphatic carbocycles. The molecule has 0 aromatic heterocycles. The first-order valence-electron chi connectivity index (χ1n) is 11.5. The second-order valence-corrected chi connectivity index (χ2v) is 8.99. The summed E-state index contributed by atoms with van der Waals surface area (Å²) < 4.78 is 5.63. The number of nitrogens with one attached hydrogen (secondary N) is 1. The van der Waals surface area contributed by atoms with Crippen molar-refractivity contribution in [3.63, 3.8) is 0 Å². The third kappa shape index (κ3) is 4.72. The third-order valence-corrected chi connectivity index (χ3v) is 6.98. The highest BCUT2D eigenvalue weighted by Crippen LogP contribution is 2.44. The van der Waals surface area contributed by atoms with Crippen molar-refractivity contribution in [1.29, 1.82) is 0 Å². The van der Waals surface area contributed by atoms with Gasteiger partial charge >= 0.3 is 12.1 Å². The number of fused-ring (bicyclic) bond motifs is 3. The molecule has 0 saturated heterocycles. The van der Waals surface area contributed by atoms with E-state index in [0.717, 1.165) is 24.0 Å². The molecule has 7 nitrogen and oxygen atoms in total. The average molecular weight is 451 g/mol. The highest BCUT2D eigenvalue weighted by molar-refractivity contribution is 5.85. The largest absolute Gasteiger partial charge is 0.480 e. The van der Waals surface area contributed by atoms with Crippen LogP contribution in [0, 0.1) is 5.92 Å². The van der Waals surface area contributed by atoms with Gasteiger partial charge in [-0.25, -0.2) is 9.59 Å². The molecule has 2 aromatic rings. The predicted molar refractivity (Wildman–Crippen MR) is 124 cm³/mol. The lowest BCUT2D eigenvalue weighted by molar-refractivity contribution is -0.150. The summed E-state index contributed by atoms with van der Waals surface area (Å²) in [5, 5.41) is 12.1. The first-order valence-corrected chi connectivity index (χ1v) is 11.5. The fourth-order valence-corrected chi connectivity index (χ4v) is 5.00. The van der Waals surface area contributed by atoms with Crippen LogP contribution in [-0.4, -0.2) is 53.7 Å². The first-order chi connectivity index (χ1) is 15.9. The molecule has 0 aliphatic heterocycles. The zero-order valence-electron chi connectivity index (χ0n) is 19.0. The van der Waals surface area contributed by atoms with Crippen LogP contribution in [0.5, 0.6) is 0 Å². The average Bonchev–Trinajstić information content (AvgIpc) is 3.15. The Bertz CT molecular complexity index is 1010. The Balaban J connectivity index is 1.34. The smallest absolute Gasteiger partial charge is 0.407 e. The van der Waals surface area contributed by atoms with E-state index < -0.39 is 18.1 Å². The zero-order chi connectivity index (χ0) is 23.5. The van der Waals surface area contributed by atoms with Crippen molar-refractivity contribution in [3.8, 4) is 11.1 Å². The molecule has 2 aromatic carbocycles. The molecule has 1 saturated carbocycles. The molecule has 1 unspecified atom stereocenters. The maximum atomic E-state index is 12.7. The molecular formula is C26H30N2O5. The molecule has 174 valence electrons. The van der Waals surface area contributed by atoms with Crippen molar-refractivity contribution >= 4 is 18.0 Å². The van der Waals surface area contributed by atoms with Crippen molar-refractivity contribution < 1.29 is 24.2 Å². The summed E-state index contributed by atoms with van der Waals surface area (Å²) in [5.74, 6) is -1.53. The standard InChI is InChI=1S/C26H30N2O5/c1-16(25(30)31)28(2)24(29)17-8-7-9-18(14-17)27-26(32)33-15-23-21-12-5-3-10-19(21)20-11-4-6-13-22(20)23/h3-6,10-13,16-18,23H,7-9,14-15H2,1-2H3,(H,27,32)(H,30,31)/t16?,17-,18-/m1/s1. The Hall–Kier alpha value is -3.35. The van der Waals surface area contributed by atoms with Crippen LogP contribution in [0.4, 0.5) is 4.79 Å². The molecule has 4 rings (SSSR count). The van der Waals surface area contributed by atoms with E-state index in [1.165, 1.54) is 30.0 Å². The molecule has 2 N–H and O–H groups in total. The molecule has 3 atom stereocenters. The van der Waals surface area contributed by atoms with Gasteiger partial charge in [0.25, 0.3) is 0 Å². The van der Waals surface area contributed by atoms with Gasteiger partial charge in [0.1, 0.15) is 12.6 Å². The summed E-state index contributed by atoms with van der Waals surface area (Å²) in [7, 11) is 1.52. The summed E-state index contributed by atoms with van der Waals surface area (Å²) in [6, 6.07) is 15.3. The topological polar surface area (TPSA) is 95.9 Å². The van der Waals surface area contributed by atoms with Crippen LogP contribution in [0.3, 0.4) is 0 Å². The van der Waals surface area contributed by atoms with Gasteiger partial charge in [0.05, 0.1) is 0 Å². The quantitative estimate of drug-likeness (QED) is 0.693. The molecule has 0 spiro atoms. The van der Waals surface area contributed by atoms with Crippen molar-refractivity contribution in [3.05, 3.63) is 59.7 Å². The normalized spacial score (nSPS) is 20.3. The summed E-state index contributed by atoms with van der Waals surface area (Å²) in [4.78, 5) is 37.8. The fourth-order valence-electron chi connectivity index (χ4n) is 5.00. The maximum absolute atomic E-state index is 12.7. The van der Waals surface area contributed by atoms with Crippen molar-refractivity contribution in [2.75, 3.05) is 13.7 Å². The maximum Gasteiger partial charge on any atom is 0.407 e.